The molecule has 0 saturated carbocycles. The van der Waals surface area contributed by atoms with E-state index < -0.39 is 40.2 Å². The van der Waals surface area contributed by atoms with E-state index in [1.807, 2.05) is 30.3 Å². The lowest BCUT2D eigenvalue weighted by Crippen LogP contribution is -2.52. The Hall–Kier alpha value is -3.43. The topological polar surface area (TPSA) is 86.8 Å². The number of halogens is 2. The second-order valence-corrected chi connectivity index (χ2v) is 10.6. The van der Waals surface area contributed by atoms with Gasteiger partial charge in [-0.1, -0.05) is 54.1 Å². The number of carbonyl (C=O) groups excluding carboxylic acids is 2. The van der Waals surface area contributed by atoms with Gasteiger partial charge in [-0.15, -0.1) is 0 Å². The van der Waals surface area contributed by atoms with Gasteiger partial charge in [0.15, 0.2) is 0 Å². The second-order valence-electron chi connectivity index (χ2n) is 8.22. The Bertz CT molecular complexity index is 1300. The number of nitrogens with zero attached hydrogens (tertiary/aromatic N) is 2. The molecular weight excluding hydrogens is 505 g/mol. The van der Waals surface area contributed by atoms with E-state index in [0.717, 1.165) is 28.3 Å². The number of hydrogen-bond donors (Lipinski definition) is 1. The summed E-state index contributed by atoms with van der Waals surface area (Å²) in [4.78, 5) is 28.1. The van der Waals surface area contributed by atoms with Crippen LogP contribution in [0.4, 0.5) is 10.1 Å². The van der Waals surface area contributed by atoms with Crippen molar-refractivity contribution >= 4 is 39.1 Å². The van der Waals surface area contributed by atoms with Gasteiger partial charge in [-0.2, -0.15) is 0 Å². The maximum Gasteiger partial charge on any atom is 0.244 e. The molecular formula is C26H27ClFN3O4S. The second kappa shape index (κ2) is 12.0. The first-order valence-electron chi connectivity index (χ1n) is 11.1. The van der Waals surface area contributed by atoms with Crippen LogP contribution in [0, 0.1) is 5.82 Å². The molecule has 1 N–H and O–H groups in total. The van der Waals surface area contributed by atoms with Gasteiger partial charge < -0.3 is 10.2 Å². The molecule has 10 heteroatoms. The molecule has 3 rings (SSSR count). The lowest BCUT2D eigenvalue weighted by atomic mass is 10.0. The summed E-state index contributed by atoms with van der Waals surface area (Å²) in [5, 5.41) is 3.07. The summed E-state index contributed by atoms with van der Waals surface area (Å²) in [6.45, 7) is -0.557. The van der Waals surface area contributed by atoms with Crippen LogP contribution in [0.15, 0.2) is 78.9 Å². The van der Waals surface area contributed by atoms with Crippen molar-refractivity contribution in [2.45, 2.75) is 19.0 Å². The van der Waals surface area contributed by atoms with Crippen molar-refractivity contribution in [1.29, 1.82) is 0 Å². The van der Waals surface area contributed by atoms with E-state index in [4.69, 9.17) is 11.6 Å². The molecule has 0 heterocycles. The van der Waals surface area contributed by atoms with Gasteiger partial charge in [0.1, 0.15) is 18.4 Å². The fraction of sp³-hybridized carbons (Fsp3) is 0.231. The number of nitrogens with one attached hydrogen (secondary N) is 1. The minimum Gasteiger partial charge on any atom is -0.357 e. The van der Waals surface area contributed by atoms with Gasteiger partial charge >= 0.3 is 0 Å². The molecule has 0 radical (unpaired) electrons. The van der Waals surface area contributed by atoms with Crippen LogP contribution in [0.5, 0.6) is 0 Å². The summed E-state index contributed by atoms with van der Waals surface area (Å²) in [5.41, 5.74) is 1.63. The van der Waals surface area contributed by atoms with E-state index in [0.29, 0.717) is 10.6 Å². The minimum atomic E-state index is -3.91. The van der Waals surface area contributed by atoms with Crippen LogP contribution in [0.25, 0.3) is 0 Å². The molecule has 7 nitrogen and oxygen atoms in total. The molecule has 3 aromatic rings. The standard InChI is InChI=1S/C26H27ClFN3O4S/c1-29-26(33)24(16-19-7-4-3-5-8-19)30(17-20-9-6-10-21(27)15-20)25(32)18-31(36(2,34)35)23-13-11-22(28)12-14-23/h3-15,24H,16-18H2,1-2H3,(H,29,33)/t24-/m0/s1. The fourth-order valence-corrected chi connectivity index (χ4v) is 4.84. The van der Waals surface area contributed by atoms with Crippen LogP contribution < -0.4 is 9.62 Å². The van der Waals surface area contributed by atoms with Crippen molar-refractivity contribution in [3.8, 4) is 0 Å². The highest BCUT2D eigenvalue weighted by Gasteiger charge is 2.32. The molecule has 36 heavy (non-hydrogen) atoms. The third kappa shape index (κ3) is 7.29. The molecule has 2 amide bonds. The maximum absolute atomic E-state index is 13.7. The Morgan fingerprint density at radius 3 is 2.19 bits per heavy atom. The van der Waals surface area contributed by atoms with Crippen molar-refractivity contribution in [2.75, 3.05) is 24.2 Å². The number of amides is 2. The van der Waals surface area contributed by atoms with Gasteiger partial charge in [0.05, 0.1) is 11.9 Å². The van der Waals surface area contributed by atoms with Crippen molar-refractivity contribution in [3.63, 3.8) is 0 Å². The summed E-state index contributed by atoms with van der Waals surface area (Å²) in [6, 6.07) is 19.9. The van der Waals surface area contributed by atoms with Crippen LogP contribution in [0.1, 0.15) is 11.1 Å². The van der Waals surface area contributed by atoms with Crippen molar-refractivity contribution in [2.24, 2.45) is 0 Å². The summed E-state index contributed by atoms with van der Waals surface area (Å²) in [6.07, 6.45) is 1.17. The van der Waals surface area contributed by atoms with Gasteiger partial charge in [0.25, 0.3) is 0 Å². The number of likely N-dealkylation sites (N-methyl/N-ethyl adjacent to an activating group) is 1. The monoisotopic (exact) mass is 531 g/mol. The van der Waals surface area contributed by atoms with Gasteiger partial charge in [-0.3, -0.25) is 13.9 Å². The third-order valence-corrected chi connectivity index (χ3v) is 6.93. The molecule has 0 fully saturated rings. The predicted octanol–water partition coefficient (Wildman–Crippen LogP) is 3.63. The van der Waals surface area contributed by atoms with E-state index in [1.54, 1.807) is 24.3 Å². The number of hydrogen-bond acceptors (Lipinski definition) is 4. The molecule has 1 atom stereocenters. The first-order valence-corrected chi connectivity index (χ1v) is 13.3. The molecule has 0 aliphatic carbocycles. The Morgan fingerprint density at radius 2 is 1.61 bits per heavy atom. The number of benzene rings is 3. The lowest BCUT2D eigenvalue weighted by molar-refractivity contribution is -0.139. The molecule has 0 aromatic heterocycles. The molecule has 3 aromatic carbocycles. The molecule has 0 spiro atoms. The van der Waals surface area contributed by atoms with Crippen LogP contribution in [-0.2, 0) is 32.6 Å². The predicted molar refractivity (Wildman–Crippen MR) is 139 cm³/mol. The number of carbonyl (C=O) groups is 2. The van der Waals surface area contributed by atoms with Crippen LogP contribution in [0.3, 0.4) is 0 Å². The average molecular weight is 532 g/mol. The zero-order valence-electron chi connectivity index (χ0n) is 19.9. The Labute approximate surface area is 215 Å². The van der Waals surface area contributed by atoms with Crippen LogP contribution in [-0.4, -0.2) is 51.0 Å². The number of anilines is 1. The highest BCUT2D eigenvalue weighted by atomic mass is 35.5. The maximum atomic E-state index is 13.7. The highest BCUT2D eigenvalue weighted by molar-refractivity contribution is 7.92. The van der Waals surface area contributed by atoms with Gasteiger partial charge in [-0.25, -0.2) is 12.8 Å². The van der Waals surface area contributed by atoms with Crippen molar-refractivity contribution < 1.29 is 22.4 Å². The first-order chi connectivity index (χ1) is 17.1. The molecule has 0 aliphatic rings. The van der Waals surface area contributed by atoms with E-state index in [1.165, 1.54) is 24.1 Å². The van der Waals surface area contributed by atoms with E-state index in [2.05, 4.69) is 5.32 Å². The smallest absolute Gasteiger partial charge is 0.244 e. The Kier molecular flexibility index (Phi) is 9.06. The first kappa shape index (κ1) is 27.2. The zero-order valence-corrected chi connectivity index (χ0v) is 21.5. The number of sulfonamides is 1. The summed E-state index contributed by atoms with van der Waals surface area (Å²) in [5.74, 6) is -1.54. The van der Waals surface area contributed by atoms with E-state index in [9.17, 15) is 22.4 Å². The molecule has 0 saturated heterocycles. The van der Waals surface area contributed by atoms with Gasteiger partial charge in [0, 0.05) is 25.0 Å². The molecule has 0 unspecified atom stereocenters. The normalized spacial score (nSPS) is 12.0. The largest absolute Gasteiger partial charge is 0.357 e. The van der Waals surface area contributed by atoms with E-state index >= 15 is 0 Å². The summed E-state index contributed by atoms with van der Waals surface area (Å²) in [7, 11) is -2.43. The average Bonchev–Trinajstić information content (AvgIpc) is 2.84. The van der Waals surface area contributed by atoms with Crippen molar-refractivity contribution in [3.05, 3.63) is 101 Å². The molecule has 190 valence electrons. The van der Waals surface area contributed by atoms with Crippen LogP contribution >= 0.6 is 11.6 Å². The summed E-state index contributed by atoms with van der Waals surface area (Å²) >= 11 is 6.14. The van der Waals surface area contributed by atoms with Crippen LogP contribution in [0.2, 0.25) is 5.02 Å². The van der Waals surface area contributed by atoms with Gasteiger partial charge in [0.2, 0.25) is 21.8 Å². The van der Waals surface area contributed by atoms with Gasteiger partial charge in [-0.05, 0) is 47.5 Å². The Morgan fingerprint density at radius 1 is 0.972 bits per heavy atom. The lowest BCUT2D eigenvalue weighted by Gasteiger charge is -2.33. The van der Waals surface area contributed by atoms with E-state index in [-0.39, 0.29) is 18.7 Å². The summed E-state index contributed by atoms with van der Waals surface area (Å²) < 4.78 is 39.5. The fourth-order valence-electron chi connectivity index (χ4n) is 3.77. The highest BCUT2D eigenvalue weighted by Crippen LogP contribution is 2.21. The quantitative estimate of drug-likeness (QED) is 0.433. The molecule has 0 aliphatic heterocycles. The zero-order chi connectivity index (χ0) is 26.3. The molecule has 0 bridgehead atoms. The third-order valence-electron chi connectivity index (χ3n) is 5.55. The minimum absolute atomic E-state index is 0.0192. The Balaban J connectivity index is 2.02. The van der Waals surface area contributed by atoms with Crippen molar-refractivity contribution in [1.82, 2.24) is 10.2 Å². The SMILES string of the molecule is CNC(=O)[C@H](Cc1ccccc1)N(Cc1cccc(Cl)c1)C(=O)CN(c1ccc(F)cc1)S(C)(=O)=O. The number of rotatable bonds is 10.